The van der Waals surface area contributed by atoms with Crippen molar-refractivity contribution in [3.63, 3.8) is 0 Å². The second-order valence-electron chi connectivity index (χ2n) is 5.18. The summed E-state index contributed by atoms with van der Waals surface area (Å²) < 4.78 is 28.8. The zero-order chi connectivity index (χ0) is 18.4. The van der Waals surface area contributed by atoms with Crippen LogP contribution in [0.15, 0.2) is 36.4 Å². The highest BCUT2D eigenvalue weighted by molar-refractivity contribution is 5.95. The number of ether oxygens (including phenoxy) is 3. The molecule has 1 amide bonds. The largest absolute Gasteiger partial charge is 0.493 e. The van der Waals surface area contributed by atoms with Crippen molar-refractivity contribution in [2.45, 2.75) is 6.92 Å². The van der Waals surface area contributed by atoms with Gasteiger partial charge in [0.1, 0.15) is 5.82 Å². The molecule has 2 aromatic rings. The lowest BCUT2D eigenvalue weighted by Crippen LogP contribution is -2.21. The summed E-state index contributed by atoms with van der Waals surface area (Å²) in [6.07, 6.45) is 0. The SMILES string of the molecule is COc1ccc(C(=O)OCC(=O)Nc2ccc(C)cc2F)cc1OC. The lowest BCUT2D eigenvalue weighted by atomic mass is 10.2. The molecule has 0 atom stereocenters. The van der Waals surface area contributed by atoms with Gasteiger partial charge in [-0.1, -0.05) is 6.07 Å². The van der Waals surface area contributed by atoms with Crippen molar-refractivity contribution in [1.82, 2.24) is 0 Å². The van der Waals surface area contributed by atoms with E-state index in [1.807, 2.05) is 0 Å². The third kappa shape index (κ3) is 4.69. The summed E-state index contributed by atoms with van der Waals surface area (Å²) in [4.78, 5) is 23.8. The fourth-order valence-electron chi connectivity index (χ4n) is 2.09. The fourth-order valence-corrected chi connectivity index (χ4v) is 2.09. The second kappa shape index (κ2) is 8.14. The summed E-state index contributed by atoms with van der Waals surface area (Å²) in [5, 5.41) is 2.35. The van der Waals surface area contributed by atoms with Gasteiger partial charge in [0, 0.05) is 0 Å². The molecule has 6 nitrogen and oxygen atoms in total. The summed E-state index contributed by atoms with van der Waals surface area (Å²) in [5.74, 6) is -1.08. The molecule has 0 heterocycles. The van der Waals surface area contributed by atoms with Gasteiger partial charge >= 0.3 is 5.97 Å². The van der Waals surface area contributed by atoms with Crippen molar-refractivity contribution in [2.24, 2.45) is 0 Å². The predicted molar refractivity (Wildman–Crippen MR) is 89.6 cm³/mol. The van der Waals surface area contributed by atoms with E-state index in [-0.39, 0.29) is 11.3 Å². The maximum Gasteiger partial charge on any atom is 0.338 e. The maximum absolute atomic E-state index is 13.7. The third-order valence-electron chi connectivity index (χ3n) is 3.35. The van der Waals surface area contributed by atoms with Crippen LogP contribution < -0.4 is 14.8 Å². The molecule has 25 heavy (non-hydrogen) atoms. The van der Waals surface area contributed by atoms with E-state index in [1.54, 1.807) is 19.1 Å². The molecule has 0 saturated heterocycles. The van der Waals surface area contributed by atoms with Crippen molar-refractivity contribution < 1.29 is 28.2 Å². The van der Waals surface area contributed by atoms with E-state index in [9.17, 15) is 14.0 Å². The average Bonchev–Trinajstić information content (AvgIpc) is 2.61. The molecule has 0 aliphatic rings. The molecule has 132 valence electrons. The highest BCUT2D eigenvalue weighted by atomic mass is 19.1. The first-order valence-electron chi connectivity index (χ1n) is 7.39. The highest BCUT2D eigenvalue weighted by Gasteiger charge is 2.14. The van der Waals surface area contributed by atoms with Gasteiger partial charge in [0.05, 0.1) is 25.5 Å². The van der Waals surface area contributed by atoms with Gasteiger partial charge in [-0.25, -0.2) is 9.18 Å². The van der Waals surface area contributed by atoms with Crippen molar-refractivity contribution in [3.8, 4) is 11.5 Å². The molecule has 0 bridgehead atoms. The summed E-state index contributed by atoms with van der Waals surface area (Å²) in [6, 6.07) is 8.88. The first kappa shape index (κ1) is 18.3. The number of rotatable bonds is 6. The number of hydrogen-bond acceptors (Lipinski definition) is 5. The molecular formula is C18H18FNO5. The topological polar surface area (TPSA) is 73.9 Å². The van der Waals surface area contributed by atoms with Gasteiger partial charge in [-0.3, -0.25) is 4.79 Å². The molecule has 1 N–H and O–H groups in total. The van der Waals surface area contributed by atoms with Crippen LogP contribution in [0.3, 0.4) is 0 Å². The zero-order valence-corrected chi connectivity index (χ0v) is 14.1. The van der Waals surface area contributed by atoms with Crippen LogP contribution in [0.4, 0.5) is 10.1 Å². The molecule has 2 aromatic carbocycles. The van der Waals surface area contributed by atoms with E-state index in [1.165, 1.54) is 38.5 Å². The Morgan fingerprint density at radius 2 is 1.76 bits per heavy atom. The molecule has 0 saturated carbocycles. The van der Waals surface area contributed by atoms with E-state index >= 15 is 0 Å². The standard InChI is InChI=1S/C18H18FNO5/c1-11-4-6-14(13(19)8-11)20-17(21)10-25-18(22)12-5-7-15(23-2)16(9-12)24-3/h4-9H,10H2,1-3H3,(H,20,21). The van der Waals surface area contributed by atoms with Crippen molar-refractivity contribution in [1.29, 1.82) is 0 Å². The highest BCUT2D eigenvalue weighted by Crippen LogP contribution is 2.27. The molecule has 0 radical (unpaired) electrons. The van der Waals surface area contributed by atoms with Gasteiger partial charge in [0.25, 0.3) is 5.91 Å². The minimum absolute atomic E-state index is 0.0257. The quantitative estimate of drug-likeness (QED) is 0.813. The summed E-state index contributed by atoms with van der Waals surface area (Å²) in [6.45, 7) is 1.19. The van der Waals surface area contributed by atoms with Crippen molar-refractivity contribution in [3.05, 3.63) is 53.3 Å². The van der Waals surface area contributed by atoms with Crippen LogP contribution in [-0.2, 0) is 9.53 Å². The van der Waals surface area contributed by atoms with Gasteiger partial charge in [0.15, 0.2) is 18.1 Å². The lowest BCUT2D eigenvalue weighted by molar-refractivity contribution is -0.119. The van der Waals surface area contributed by atoms with Crippen molar-refractivity contribution in [2.75, 3.05) is 26.1 Å². The minimum Gasteiger partial charge on any atom is -0.493 e. The van der Waals surface area contributed by atoms with Crippen LogP contribution in [0.2, 0.25) is 0 Å². The average molecular weight is 347 g/mol. The zero-order valence-electron chi connectivity index (χ0n) is 14.1. The molecular weight excluding hydrogens is 329 g/mol. The van der Waals surface area contributed by atoms with Gasteiger partial charge < -0.3 is 19.5 Å². The summed E-state index contributed by atoms with van der Waals surface area (Å²) in [5.41, 5.74) is 0.958. The van der Waals surface area contributed by atoms with Crippen LogP contribution in [0.5, 0.6) is 11.5 Å². The van der Waals surface area contributed by atoms with Crippen LogP contribution >= 0.6 is 0 Å². The molecule has 0 unspecified atom stereocenters. The first-order chi connectivity index (χ1) is 11.9. The monoisotopic (exact) mass is 347 g/mol. The fraction of sp³-hybridized carbons (Fsp3) is 0.222. The number of hydrogen-bond donors (Lipinski definition) is 1. The molecule has 0 aliphatic heterocycles. The number of carbonyl (C=O) groups is 2. The number of methoxy groups -OCH3 is 2. The Labute approximate surface area is 144 Å². The Kier molecular flexibility index (Phi) is 5.94. The Morgan fingerprint density at radius 1 is 1.04 bits per heavy atom. The Hall–Kier alpha value is -3.09. The van der Waals surface area contributed by atoms with E-state index < -0.39 is 24.3 Å². The normalized spacial score (nSPS) is 10.1. The van der Waals surface area contributed by atoms with Gasteiger partial charge in [0.2, 0.25) is 0 Å². The smallest absolute Gasteiger partial charge is 0.338 e. The molecule has 7 heteroatoms. The van der Waals surface area contributed by atoms with Crippen LogP contribution in [0.1, 0.15) is 15.9 Å². The number of carbonyl (C=O) groups excluding carboxylic acids is 2. The van der Waals surface area contributed by atoms with Crippen LogP contribution in [0, 0.1) is 12.7 Å². The maximum atomic E-state index is 13.7. The van der Waals surface area contributed by atoms with E-state index in [2.05, 4.69) is 5.32 Å². The Morgan fingerprint density at radius 3 is 2.40 bits per heavy atom. The van der Waals surface area contributed by atoms with Crippen LogP contribution in [0.25, 0.3) is 0 Å². The van der Waals surface area contributed by atoms with E-state index in [0.29, 0.717) is 11.5 Å². The first-order valence-corrected chi connectivity index (χ1v) is 7.39. The van der Waals surface area contributed by atoms with Gasteiger partial charge in [-0.2, -0.15) is 0 Å². The Bertz CT molecular complexity index is 791. The molecule has 0 spiro atoms. The molecule has 0 aromatic heterocycles. The van der Waals surface area contributed by atoms with E-state index in [0.717, 1.165) is 5.56 Å². The van der Waals surface area contributed by atoms with Gasteiger partial charge in [-0.15, -0.1) is 0 Å². The number of amides is 1. The lowest BCUT2D eigenvalue weighted by Gasteiger charge is -2.10. The Balaban J connectivity index is 1.96. The number of nitrogens with one attached hydrogen (secondary N) is 1. The number of esters is 1. The number of aryl methyl sites for hydroxylation is 1. The predicted octanol–water partition coefficient (Wildman–Crippen LogP) is 2.95. The molecule has 0 aliphatic carbocycles. The number of anilines is 1. The van der Waals surface area contributed by atoms with Gasteiger partial charge in [-0.05, 0) is 42.8 Å². The minimum atomic E-state index is -0.708. The summed E-state index contributed by atoms with van der Waals surface area (Å²) >= 11 is 0. The third-order valence-corrected chi connectivity index (χ3v) is 3.35. The molecule has 2 rings (SSSR count). The van der Waals surface area contributed by atoms with Crippen LogP contribution in [-0.4, -0.2) is 32.7 Å². The summed E-state index contributed by atoms with van der Waals surface area (Å²) in [7, 11) is 2.92. The molecule has 0 fully saturated rings. The van der Waals surface area contributed by atoms with E-state index in [4.69, 9.17) is 14.2 Å². The number of halogens is 1. The second-order valence-corrected chi connectivity index (χ2v) is 5.18. The van der Waals surface area contributed by atoms with Crippen molar-refractivity contribution >= 4 is 17.6 Å². The number of benzene rings is 2.